The Morgan fingerprint density at radius 1 is 0.449 bits per heavy atom. The highest BCUT2D eigenvalue weighted by Crippen LogP contribution is 2.60. The molecule has 11 aromatic carbocycles. The molecule has 2 aliphatic rings. The normalized spacial score (nSPS) is 14.0. The van der Waals surface area contributed by atoms with E-state index in [0.717, 1.165) is 32.1 Å². The van der Waals surface area contributed by atoms with Crippen molar-refractivity contribution in [3.63, 3.8) is 0 Å². The Morgan fingerprint density at radius 2 is 1.05 bits per heavy atom. The lowest BCUT2D eigenvalue weighted by Gasteiger charge is -2.35. The maximum atomic E-state index is 2.65. The summed E-state index contributed by atoms with van der Waals surface area (Å²) in [6.45, 7) is 4.52. The molecular weight excluding hydrogens is 979 g/mol. The molecule has 0 N–H and O–H groups in total. The zero-order valence-corrected chi connectivity index (χ0v) is 45.9. The number of fused-ring (bicyclic) bond motifs is 12. The smallest absolute Gasteiger partial charge is 0.0714 e. The SMILES string of the molecule is Cc1ccc(C(CCc2cc3c(c4ccccc24)-c2ccc(N(c4ccc5c(c4)CCCC5)c4cccc5sc6ccccc6c45)cc2C3(c2ccccc2)c2ccccc2)Cc2cccc3sc4ccccc4c23)cc1C. The summed E-state index contributed by atoms with van der Waals surface area (Å²) in [4.78, 5) is 2.59. The Morgan fingerprint density at radius 3 is 1.78 bits per heavy atom. The summed E-state index contributed by atoms with van der Waals surface area (Å²) >= 11 is 3.82. The van der Waals surface area contributed by atoms with E-state index in [-0.39, 0.29) is 0 Å². The molecule has 0 aliphatic heterocycles. The number of hydrogen-bond acceptors (Lipinski definition) is 3. The van der Waals surface area contributed by atoms with Crippen LogP contribution in [0.2, 0.25) is 0 Å². The van der Waals surface area contributed by atoms with E-state index in [9.17, 15) is 0 Å². The molecule has 0 bridgehead atoms. The van der Waals surface area contributed by atoms with Gasteiger partial charge in [0.1, 0.15) is 0 Å². The minimum absolute atomic E-state index is 0.313. The van der Waals surface area contributed by atoms with Crippen molar-refractivity contribution in [3.05, 3.63) is 292 Å². The molecule has 15 rings (SSSR count). The van der Waals surface area contributed by atoms with Gasteiger partial charge in [-0.15, -0.1) is 22.7 Å². The molecule has 0 amide bonds. The molecule has 2 aliphatic carbocycles. The van der Waals surface area contributed by atoms with Crippen molar-refractivity contribution < 1.29 is 0 Å². The third-order valence-corrected chi connectivity index (χ3v) is 20.1. The average molecular weight is 1040 g/mol. The molecule has 0 radical (unpaired) electrons. The lowest BCUT2D eigenvalue weighted by atomic mass is 9.67. The molecule has 376 valence electrons. The highest BCUT2D eigenvalue weighted by atomic mass is 32.1. The van der Waals surface area contributed by atoms with E-state index in [1.165, 1.54) is 153 Å². The van der Waals surface area contributed by atoms with Gasteiger partial charge in [0.25, 0.3) is 0 Å². The highest BCUT2D eigenvalue weighted by Gasteiger charge is 2.47. The van der Waals surface area contributed by atoms with E-state index in [1.54, 1.807) is 0 Å². The molecule has 13 aromatic rings. The van der Waals surface area contributed by atoms with Crippen LogP contribution >= 0.6 is 22.7 Å². The Balaban J connectivity index is 0.938. The van der Waals surface area contributed by atoms with Gasteiger partial charge in [0, 0.05) is 51.7 Å². The molecule has 2 heterocycles. The van der Waals surface area contributed by atoms with Crippen molar-refractivity contribution in [1.29, 1.82) is 0 Å². The van der Waals surface area contributed by atoms with Gasteiger partial charge in [0.05, 0.1) is 11.1 Å². The predicted molar refractivity (Wildman–Crippen MR) is 335 cm³/mol. The van der Waals surface area contributed by atoms with Crippen LogP contribution in [-0.4, -0.2) is 0 Å². The van der Waals surface area contributed by atoms with E-state index >= 15 is 0 Å². The molecule has 2 aromatic heterocycles. The maximum absolute atomic E-state index is 2.65. The predicted octanol–water partition coefficient (Wildman–Crippen LogP) is 20.9. The van der Waals surface area contributed by atoms with Gasteiger partial charge in [-0.05, 0) is 202 Å². The van der Waals surface area contributed by atoms with Gasteiger partial charge < -0.3 is 4.90 Å². The van der Waals surface area contributed by atoms with Crippen LogP contribution in [0.3, 0.4) is 0 Å². The number of hydrogen-bond donors (Lipinski definition) is 0. The van der Waals surface area contributed by atoms with Gasteiger partial charge in [0.15, 0.2) is 0 Å². The van der Waals surface area contributed by atoms with Crippen molar-refractivity contribution >= 4 is 90.9 Å². The summed E-state index contributed by atoms with van der Waals surface area (Å²) in [5.74, 6) is 0.313. The van der Waals surface area contributed by atoms with Crippen molar-refractivity contribution in [2.45, 2.75) is 70.1 Å². The minimum Gasteiger partial charge on any atom is -0.310 e. The van der Waals surface area contributed by atoms with Crippen molar-refractivity contribution in [3.8, 4) is 11.1 Å². The van der Waals surface area contributed by atoms with Crippen LogP contribution in [0.4, 0.5) is 17.1 Å². The molecule has 0 spiro atoms. The molecule has 0 saturated heterocycles. The van der Waals surface area contributed by atoms with E-state index in [2.05, 4.69) is 249 Å². The quantitative estimate of drug-likeness (QED) is 0.125. The second-order valence-corrected chi connectivity index (χ2v) is 24.3. The third-order valence-electron chi connectivity index (χ3n) is 17.8. The molecule has 0 fully saturated rings. The number of anilines is 3. The van der Waals surface area contributed by atoms with Crippen LogP contribution in [-0.2, 0) is 31.1 Å². The number of rotatable bonds is 11. The molecule has 1 atom stereocenters. The average Bonchev–Trinajstić information content (AvgIpc) is 3.95. The van der Waals surface area contributed by atoms with Gasteiger partial charge in [-0.2, -0.15) is 0 Å². The molecule has 78 heavy (non-hydrogen) atoms. The summed E-state index contributed by atoms with van der Waals surface area (Å²) in [6, 6.07) is 88.8. The van der Waals surface area contributed by atoms with Crippen LogP contribution in [0.25, 0.3) is 62.2 Å². The monoisotopic (exact) mass is 1040 g/mol. The third kappa shape index (κ3) is 7.61. The maximum Gasteiger partial charge on any atom is 0.0714 e. The summed E-state index contributed by atoms with van der Waals surface area (Å²) in [5, 5.41) is 8.09. The summed E-state index contributed by atoms with van der Waals surface area (Å²) in [6.07, 6.45) is 7.71. The van der Waals surface area contributed by atoms with E-state index in [1.807, 2.05) is 22.7 Å². The van der Waals surface area contributed by atoms with E-state index in [0.29, 0.717) is 5.92 Å². The van der Waals surface area contributed by atoms with Crippen molar-refractivity contribution in [2.75, 3.05) is 4.90 Å². The lowest BCUT2D eigenvalue weighted by molar-refractivity contribution is 0.623. The first kappa shape index (κ1) is 47.2. The standard InChI is InChI=1S/C75H59NS2/c1-48-35-36-52(43-49(48)2)53(44-55-21-17-33-70-72(55)63-28-13-15-31-68(63)77-70)37-38-54-46-66-73(61-27-12-11-26-60(54)61)62-42-41-59(47-65(62)75(66,56-22-5-3-6-23-56)57-24-7-4-8-25-57)76(58-40-39-50-19-9-10-20-51(50)45-58)67-30-18-34-71-74(67)64-29-14-16-32-69(64)78-71/h3-8,11-18,21-36,39-43,45-47,53H,9-10,19-20,37-38,44H2,1-2H3. The minimum atomic E-state index is -0.617. The zero-order chi connectivity index (χ0) is 51.9. The fourth-order valence-electron chi connectivity index (χ4n) is 14.0. The number of thiophene rings is 2. The van der Waals surface area contributed by atoms with Crippen molar-refractivity contribution in [1.82, 2.24) is 0 Å². The van der Waals surface area contributed by atoms with Gasteiger partial charge >= 0.3 is 0 Å². The molecule has 0 saturated carbocycles. The van der Waals surface area contributed by atoms with Crippen molar-refractivity contribution in [2.24, 2.45) is 0 Å². The first-order valence-corrected chi connectivity index (χ1v) is 29.7. The molecule has 1 unspecified atom stereocenters. The lowest BCUT2D eigenvalue weighted by Crippen LogP contribution is -2.29. The first-order chi connectivity index (χ1) is 38.5. The summed E-state index contributed by atoms with van der Waals surface area (Å²) in [5.41, 5.74) is 20.9. The Kier molecular flexibility index (Phi) is 11.6. The van der Waals surface area contributed by atoms with Crippen LogP contribution in [0.1, 0.15) is 86.4 Å². The topological polar surface area (TPSA) is 3.24 Å². The van der Waals surface area contributed by atoms with Crippen LogP contribution in [0.15, 0.2) is 231 Å². The Bertz CT molecular complexity index is 4420. The van der Waals surface area contributed by atoms with Gasteiger partial charge in [0.2, 0.25) is 0 Å². The zero-order valence-electron chi connectivity index (χ0n) is 44.2. The van der Waals surface area contributed by atoms with Gasteiger partial charge in [-0.1, -0.05) is 176 Å². The highest BCUT2D eigenvalue weighted by molar-refractivity contribution is 7.26. The number of nitrogens with zero attached hydrogens (tertiary/aromatic N) is 1. The number of aryl methyl sites for hydroxylation is 5. The van der Waals surface area contributed by atoms with E-state index in [4.69, 9.17) is 0 Å². The molecular formula is C75H59NS2. The first-order valence-electron chi connectivity index (χ1n) is 28.1. The second kappa shape index (κ2) is 19.1. The molecule has 1 nitrogen and oxygen atoms in total. The Hall–Kier alpha value is -8.08. The fraction of sp³-hybridized carbons (Fsp3) is 0.147. The van der Waals surface area contributed by atoms with Gasteiger partial charge in [-0.25, -0.2) is 0 Å². The van der Waals surface area contributed by atoms with Crippen LogP contribution in [0, 0.1) is 13.8 Å². The second-order valence-electron chi connectivity index (χ2n) is 22.1. The van der Waals surface area contributed by atoms with Crippen LogP contribution in [0.5, 0.6) is 0 Å². The fourth-order valence-corrected chi connectivity index (χ4v) is 16.3. The Labute approximate surface area is 465 Å². The van der Waals surface area contributed by atoms with Gasteiger partial charge in [-0.3, -0.25) is 0 Å². The van der Waals surface area contributed by atoms with E-state index < -0.39 is 5.41 Å². The molecule has 3 heteroatoms. The summed E-state index contributed by atoms with van der Waals surface area (Å²) in [7, 11) is 0. The largest absolute Gasteiger partial charge is 0.310 e. The summed E-state index contributed by atoms with van der Waals surface area (Å²) < 4.78 is 5.36. The van der Waals surface area contributed by atoms with Crippen LogP contribution < -0.4 is 4.90 Å². The number of benzene rings is 11.